The molecule has 0 bridgehead atoms. The van der Waals surface area contributed by atoms with Crippen LogP contribution in [0.5, 0.6) is 5.75 Å². The van der Waals surface area contributed by atoms with Crippen LogP contribution in [0.3, 0.4) is 0 Å². The number of nitrogens with one attached hydrogen (secondary N) is 1. The van der Waals surface area contributed by atoms with Gasteiger partial charge in [-0.15, -0.1) is 0 Å². The van der Waals surface area contributed by atoms with Gasteiger partial charge in [-0.05, 0) is 60.6 Å². The minimum atomic E-state index is -0.315. The van der Waals surface area contributed by atoms with Crippen LogP contribution < -0.4 is 15.0 Å². The fraction of sp³-hybridized carbons (Fsp3) is 0.435. The van der Waals surface area contributed by atoms with Crippen LogP contribution in [-0.2, 0) is 10.2 Å². The third kappa shape index (κ3) is 5.24. The van der Waals surface area contributed by atoms with Gasteiger partial charge in [0.1, 0.15) is 11.6 Å². The second-order valence-electron chi connectivity index (χ2n) is 8.33. The average molecular weight is 384 g/mol. The number of hydrogen-bond donors (Lipinski definition) is 1. The summed E-state index contributed by atoms with van der Waals surface area (Å²) in [6.45, 7) is 8.07. The van der Waals surface area contributed by atoms with Crippen molar-refractivity contribution < 1.29 is 13.9 Å². The second kappa shape index (κ2) is 8.63. The first-order valence-corrected chi connectivity index (χ1v) is 9.90. The molecule has 1 heterocycles. The Labute approximate surface area is 166 Å². The van der Waals surface area contributed by atoms with Gasteiger partial charge >= 0.3 is 0 Å². The molecule has 2 aromatic rings. The Bertz CT molecular complexity index is 806. The molecular formula is C23H29FN2O2. The number of carbonyl (C=O) groups is 1. The van der Waals surface area contributed by atoms with Crippen LogP contribution >= 0.6 is 0 Å². The molecule has 0 radical (unpaired) electrons. The van der Waals surface area contributed by atoms with E-state index in [1.165, 1.54) is 18.1 Å². The Kier molecular flexibility index (Phi) is 6.22. The maximum atomic E-state index is 14.4. The third-order valence-electron chi connectivity index (χ3n) is 5.02. The van der Waals surface area contributed by atoms with E-state index in [2.05, 4.69) is 31.0 Å². The number of benzene rings is 2. The van der Waals surface area contributed by atoms with Gasteiger partial charge in [0, 0.05) is 18.8 Å². The smallest absolute Gasteiger partial charge is 0.262 e. The Balaban J connectivity index is 1.54. The van der Waals surface area contributed by atoms with E-state index in [9.17, 15) is 9.18 Å². The lowest BCUT2D eigenvalue weighted by atomic mass is 9.87. The van der Waals surface area contributed by atoms with Crippen molar-refractivity contribution in [3.63, 3.8) is 0 Å². The number of halogens is 1. The summed E-state index contributed by atoms with van der Waals surface area (Å²) in [4.78, 5) is 14.2. The fourth-order valence-corrected chi connectivity index (χ4v) is 3.37. The molecule has 1 aliphatic rings. The molecular weight excluding hydrogens is 355 g/mol. The number of anilines is 2. The summed E-state index contributed by atoms with van der Waals surface area (Å²) < 4.78 is 20.0. The van der Waals surface area contributed by atoms with Gasteiger partial charge < -0.3 is 15.0 Å². The third-order valence-corrected chi connectivity index (χ3v) is 5.02. The number of ether oxygens (including phenoxy) is 1. The molecule has 3 rings (SSSR count). The highest BCUT2D eigenvalue weighted by Gasteiger charge is 2.16. The zero-order valence-electron chi connectivity index (χ0n) is 16.9. The van der Waals surface area contributed by atoms with Crippen molar-refractivity contribution in [1.82, 2.24) is 0 Å². The van der Waals surface area contributed by atoms with Crippen molar-refractivity contribution >= 4 is 17.3 Å². The molecule has 1 saturated heterocycles. The lowest BCUT2D eigenvalue weighted by Gasteiger charge is -2.29. The Morgan fingerprint density at radius 1 is 1.07 bits per heavy atom. The Morgan fingerprint density at radius 3 is 2.36 bits per heavy atom. The maximum Gasteiger partial charge on any atom is 0.262 e. The topological polar surface area (TPSA) is 41.6 Å². The molecule has 0 aliphatic carbocycles. The molecule has 28 heavy (non-hydrogen) atoms. The summed E-state index contributed by atoms with van der Waals surface area (Å²) >= 11 is 0. The van der Waals surface area contributed by atoms with Crippen molar-refractivity contribution in [3.8, 4) is 5.75 Å². The highest BCUT2D eigenvalue weighted by atomic mass is 19.1. The Hall–Kier alpha value is -2.56. The zero-order chi connectivity index (χ0) is 20.1. The molecule has 5 heteroatoms. The van der Waals surface area contributed by atoms with Crippen LogP contribution in [0.1, 0.15) is 45.6 Å². The van der Waals surface area contributed by atoms with E-state index in [0.717, 1.165) is 25.9 Å². The number of amides is 1. The summed E-state index contributed by atoms with van der Waals surface area (Å²) in [7, 11) is 0. The molecule has 4 nitrogen and oxygen atoms in total. The number of piperidine rings is 1. The summed E-state index contributed by atoms with van der Waals surface area (Å²) in [5.74, 6) is 0.0122. The molecule has 1 fully saturated rings. The average Bonchev–Trinajstić information content (AvgIpc) is 2.67. The number of rotatable bonds is 5. The molecule has 1 N–H and O–H groups in total. The molecule has 0 unspecified atom stereocenters. The van der Waals surface area contributed by atoms with Crippen molar-refractivity contribution in [2.24, 2.45) is 0 Å². The van der Waals surface area contributed by atoms with Gasteiger partial charge in [-0.25, -0.2) is 4.39 Å². The molecule has 0 atom stereocenters. The predicted molar refractivity (Wildman–Crippen MR) is 112 cm³/mol. The van der Waals surface area contributed by atoms with E-state index < -0.39 is 0 Å². The zero-order valence-corrected chi connectivity index (χ0v) is 16.9. The van der Waals surface area contributed by atoms with Crippen LogP contribution in [0.2, 0.25) is 0 Å². The highest BCUT2D eigenvalue weighted by molar-refractivity contribution is 5.92. The first kappa shape index (κ1) is 20.2. The van der Waals surface area contributed by atoms with Crippen LogP contribution in [-0.4, -0.2) is 25.6 Å². The summed E-state index contributed by atoms with van der Waals surface area (Å²) in [6.07, 6.45) is 3.38. The maximum absolute atomic E-state index is 14.4. The second-order valence-corrected chi connectivity index (χ2v) is 8.33. The van der Waals surface area contributed by atoms with Gasteiger partial charge in [0.05, 0.1) is 5.69 Å². The van der Waals surface area contributed by atoms with E-state index in [1.54, 1.807) is 12.1 Å². The van der Waals surface area contributed by atoms with Gasteiger partial charge in [0.25, 0.3) is 5.91 Å². The first-order valence-electron chi connectivity index (χ1n) is 9.90. The summed E-state index contributed by atoms with van der Waals surface area (Å²) in [5.41, 5.74) is 2.32. The van der Waals surface area contributed by atoms with Crippen LogP contribution in [0, 0.1) is 5.82 Å². The summed E-state index contributed by atoms with van der Waals surface area (Å²) in [6, 6.07) is 12.6. The SMILES string of the molecule is CC(C)(C)c1ccc(OCC(=O)Nc2ccc(N3CCCCC3)c(F)c2)cc1. The lowest BCUT2D eigenvalue weighted by molar-refractivity contribution is -0.118. The van der Waals surface area contributed by atoms with Crippen molar-refractivity contribution in [3.05, 3.63) is 53.8 Å². The molecule has 0 spiro atoms. The molecule has 2 aromatic carbocycles. The van der Waals surface area contributed by atoms with Gasteiger partial charge in [0.15, 0.2) is 6.61 Å². The standard InChI is InChI=1S/C23H29FN2O2/c1-23(2,3)17-7-10-19(11-8-17)28-16-22(27)25-18-9-12-21(20(24)15-18)26-13-5-4-6-14-26/h7-12,15H,4-6,13-14,16H2,1-3H3,(H,25,27). The normalized spacial score (nSPS) is 14.6. The fourth-order valence-electron chi connectivity index (χ4n) is 3.37. The minimum absolute atomic E-state index is 0.0698. The molecule has 150 valence electrons. The van der Waals surface area contributed by atoms with Crippen LogP contribution in [0.15, 0.2) is 42.5 Å². The largest absolute Gasteiger partial charge is 0.484 e. The van der Waals surface area contributed by atoms with E-state index >= 15 is 0 Å². The molecule has 0 saturated carbocycles. The van der Waals surface area contributed by atoms with Gasteiger partial charge in [-0.3, -0.25) is 4.79 Å². The monoisotopic (exact) mass is 384 g/mol. The van der Waals surface area contributed by atoms with E-state index in [1.807, 2.05) is 24.3 Å². The van der Waals surface area contributed by atoms with Crippen molar-refractivity contribution in [2.45, 2.75) is 45.4 Å². The minimum Gasteiger partial charge on any atom is -0.484 e. The quantitative estimate of drug-likeness (QED) is 0.777. The first-order chi connectivity index (χ1) is 13.3. The number of carbonyl (C=O) groups excluding carboxylic acids is 1. The number of nitrogens with zero attached hydrogens (tertiary/aromatic N) is 1. The number of hydrogen-bond acceptors (Lipinski definition) is 3. The van der Waals surface area contributed by atoms with Crippen LogP contribution in [0.4, 0.5) is 15.8 Å². The predicted octanol–water partition coefficient (Wildman–Crippen LogP) is 5.13. The van der Waals surface area contributed by atoms with E-state index in [0.29, 0.717) is 17.1 Å². The van der Waals surface area contributed by atoms with E-state index in [4.69, 9.17) is 4.74 Å². The van der Waals surface area contributed by atoms with Gasteiger partial charge in [-0.2, -0.15) is 0 Å². The Morgan fingerprint density at radius 2 is 1.75 bits per heavy atom. The van der Waals surface area contributed by atoms with Crippen molar-refractivity contribution in [2.75, 3.05) is 29.9 Å². The molecule has 1 amide bonds. The van der Waals surface area contributed by atoms with Gasteiger partial charge in [-0.1, -0.05) is 32.9 Å². The summed E-state index contributed by atoms with van der Waals surface area (Å²) in [5, 5.41) is 2.70. The van der Waals surface area contributed by atoms with Crippen molar-refractivity contribution in [1.29, 1.82) is 0 Å². The molecule has 1 aliphatic heterocycles. The highest BCUT2D eigenvalue weighted by Crippen LogP contribution is 2.26. The van der Waals surface area contributed by atoms with E-state index in [-0.39, 0.29) is 23.7 Å². The van der Waals surface area contributed by atoms with Crippen LogP contribution in [0.25, 0.3) is 0 Å². The lowest BCUT2D eigenvalue weighted by Crippen LogP contribution is -2.30. The molecule has 0 aromatic heterocycles. The van der Waals surface area contributed by atoms with Gasteiger partial charge in [0.2, 0.25) is 0 Å².